The van der Waals surface area contributed by atoms with Gasteiger partial charge in [0, 0.05) is 11.7 Å². The maximum Gasteiger partial charge on any atom is 0.327 e. The molecule has 30 heavy (non-hydrogen) atoms. The largest absolute Gasteiger partial charge is 0.468 e. The van der Waals surface area contributed by atoms with E-state index in [0.29, 0.717) is 11.5 Å². The van der Waals surface area contributed by atoms with Gasteiger partial charge in [0.15, 0.2) is 5.65 Å². The molecule has 0 aliphatic rings. The van der Waals surface area contributed by atoms with Crippen molar-refractivity contribution in [3.05, 3.63) is 59.8 Å². The quantitative estimate of drug-likeness (QED) is 0.492. The van der Waals surface area contributed by atoms with E-state index in [4.69, 9.17) is 4.74 Å². The fraction of sp³-hybridized carbons (Fsp3) is 0.286. The van der Waals surface area contributed by atoms with Crippen LogP contribution in [0.1, 0.15) is 29.9 Å². The smallest absolute Gasteiger partial charge is 0.327 e. The summed E-state index contributed by atoms with van der Waals surface area (Å²) in [5, 5.41) is 12.9. The second-order valence-electron chi connectivity index (χ2n) is 7.13. The number of nitrogens with one attached hydrogen (secondary N) is 1. The van der Waals surface area contributed by atoms with Gasteiger partial charge in [0.2, 0.25) is 0 Å². The number of aromatic nitrogens is 6. The van der Waals surface area contributed by atoms with Crippen molar-refractivity contribution in [1.82, 2.24) is 29.5 Å². The van der Waals surface area contributed by atoms with Crippen molar-refractivity contribution in [3.8, 4) is 5.69 Å². The molecule has 154 valence electrons. The number of carbonyl (C=O) groups is 1. The van der Waals surface area contributed by atoms with Crippen LogP contribution >= 0.6 is 0 Å². The number of hydrogen-bond acceptors (Lipinski definition) is 7. The second kappa shape index (κ2) is 7.94. The molecule has 0 spiro atoms. The topological polar surface area (TPSA) is 99.8 Å². The van der Waals surface area contributed by atoms with Crippen LogP contribution in [0.4, 0.5) is 5.82 Å². The number of hydrogen-bond donors (Lipinski definition) is 1. The monoisotopic (exact) mass is 405 g/mol. The van der Waals surface area contributed by atoms with Crippen molar-refractivity contribution in [2.45, 2.75) is 33.4 Å². The maximum atomic E-state index is 11.6. The van der Waals surface area contributed by atoms with Crippen LogP contribution in [0.5, 0.6) is 0 Å². The van der Waals surface area contributed by atoms with Crippen LogP contribution in [0.2, 0.25) is 0 Å². The van der Waals surface area contributed by atoms with Crippen LogP contribution in [-0.4, -0.2) is 42.6 Å². The zero-order valence-corrected chi connectivity index (χ0v) is 17.3. The molecule has 4 rings (SSSR count). The van der Waals surface area contributed by atoms with E-state index in [1.54, 1.807) is 6.20 Å². The highest BCUT2D eigenvalue weighted by atomic mass is 16.5. The summed E-state index contributed by atoms with van der Waals surface area (Å²) >= 11 is 0. The van der Waals surface area contributed by atoms with E-state index in [1.165, 1.54) is 18.1 Å². The normalized spacial score (nSPS) is 12.1. The summed E-state index contributed by atoms with van der Waals surface area (Å²) in [4.78, 5) is 20.2. The minimum Gasteiger partial charge on any atom is -0.468 e. The number of anilines is 1. The van der Waals surface area contributed by atoms with Gasteiger partial charge in [0.05, 0.1) is 30.1 Å². The third-order valence-electron chi connectivity index (χ3n) is 4.94. The Morgan fingerprint density at radius 3 is 2.63 bits per heavy atom. The number of benzene rings is 1. The maximum absolute atomic E-state index is 11.6. The molecule has 3 heterocycles. The second-order valence-corrected chi connectivity index (χ2v) is 7.13. The predicted octanol–water partition coefficient (Wildman–Crippen LogP) is 2.97. The van der Waals surface area contributed by atoms with Crippen molar-refractivity contribution in [1.29, 1.82) is 0 Å². The van der Waals surface area contributed by atoms with Crippen LogP contribution < -0.4 is 5.32 Å². The molecule has 0 aliphatic carbocycles. The lowest BCUT2D eigenvalue weighted by atomic mass is 10.1. The Hall–Kier alpha value is -3.75. The van der Waals surface area contributed by atoms with Gasteiger partial charge in [0.25, 0.3) is 0 Å². The summed E-state index contributed by atoms with van der Waals surface area (Å²) in [5.74, 6) is 0.274. The van der Waals surface area contributed by atoms with E-state index in [0.717, 1.165) is 28.0 Å². The van der Waals surface area contributed by atoms with Crippen LogP contribution in [-0.2, 0) is 16.1 Å². The van der Waals surface area contributed by atoms with Crippen molar-refractivity contribution in [2.24, 2.45) is 0 Å². The molecule has 0 saturated carbocycles. The van der Waals surface area contributed by atoms with Crippen LogP contribution in [0.15, 0.2) is 42.9 Å². The van der Waals surface area contributed by atoms with Gasteiger partial charge in [-0.1, -0.05) is 12.1 Å². The summed E-state index contributed by atoms with van der Waals surface area (Å²) in [6.45, 7) is 6.09. The molecule has 9 heteroatoms. The van der Waals surface area contributed by atoms with E-state index < -0.39 is 0 Å². The molecule has 1 N–H and O–H groups in total. The zero-order chi connectivity index (χ0) is 21.3. The van der Waals surface area contributed by atoms with Crippen LogP contribution in [0.25, 0.3) is 16.7 Å². The predicted molar refractivity (Wildman–Crippen MR) is 112 cm³/mol. The van der Waals surface area contributed by atoms with Crippen LogP contribution in [0.3, 0.4) is 0 Å². The first-order valence-corrected chi connectivity index (χ1v) is 9.59. The third-order valence-corrected chi connectivity index (χ3v) is 4.94. The van der Waals surface area contributed by atoms with Gasteiger partial charge >= 0.3 is 5.97 Å². The van der Waals surface area contributed by atoms with Gasteiger partial charge in [-0.25, -0.2) is 19.3 Å². The number of carbonyl (C=O) groups excluding carboxylic acids is 1. The highest BCUT2D eigenvalue weighted by Gasteiger charge is 2.15. The lowest BCUT2D eigenvalue weighted by Crippen LogP contribution is -2.13. The Morgan fingerprint density at radius 1 is 1.20 bits per heavy atom. The highest BCUT2D eigenvalue weighted by Crippen LogP contribution is 2.24. The summed E-state index contributed by atoms with van der Waals surface area (Å²) in [6.07, 6.45) is 3.11. The van der Waals surface area contributed by atoms with Gasteiger partial charge < -0.3 is 10.1 Å². The average Bonchev–Trinajstić information content (AvgIpc) is 3.31. The van der Waals surface area contributed by atoms with Gasteiger partial charge in [-0.15, -0.1) is 0 Å². The van der Waals surface area contributed by atoms with E-state index in [1.807, 2.05) is 18.5 Å². The average molecular weight is 405 g/mol. The van der Waals surface area contributed by atoms with Crippen molar-refractivity contribution < 1.29 is 9.53 Å². The first-order chi connectivity index (χ1) is 14.5. The molecule has 0 saturated heterocycles. The number of methoxy groups -OCH3 is 1. The fourth-order valence-electron chi connectivity index (χ4n) is 3.39. The van der Waals surface area contributed by atoms with Crippen molar-refractivity contribution in [3.63, 3.8) is 0 Å². The van der Waals surface area contributed by atoms with Crippen molar-refractivity contribution in [2.75, 3.05) is 12.4 Å². The Labute approximate surface area is 173 Å². The van der Waals surface area contributed by atoms with Gasteiger partial charge in [0.1, 0.15) is 18.7 Å². The van der Waals surface area contributed by atoms with Gasteiger partial charge in [-0.3, -0.25) is 4.79 Å². The number of ether oxygens (including phenoxy) is 1. The minimum atomic E-state index is -0.385. The summed E-state index contributed by atoms with van der Waals surface area (Å²) in [7, 11) is 1.35. The Bertz CT molecular complexity index is 1190. The minimum absolute atomic E-state index is 0.000210. The summed E-state index contributed by atoms with van der Waals surface area (Å²) in [5.41, 5.74) is 4.79. The van der Waals surface area contributed by atoms with E-state index in [9.17, 15) is 4.79 Å². The zero-order valence-electron chi connectivity index (χ0n) is 17.3. The fourth-order valence-corrected chi connectivity index (χ4v) is 3.39. The lowest BCUT2D eigenvalue weighted by Gasteiger charge is -2.16. The molecule has 3 aromatic heterocycles. The SMILES string of the molecule is COC(=O)Cn1ncc2c(NC(C)c3ccc(-n4nc(C)cc4C)cc3)ncnc21. The Balaban J connectivity index is 1.55. The molecule has 0 radical (unpaired) electrons. The first kappa shape index (κ1) is 19.6. The molecule has 0 fully saturated rings. The molecule has 0 bridgehead atoms. The standard InChI is InChI=1S/C21H23N7O2/c1-13-9-14(2)28(26-13)17-7-5-16(6-8-17)15(3)25-20-18-10-24-27(11-19(29)30-4)21(18)23-12-22-20/h5-10,12,15H,11H2,1-4H3,(H,22,23,25). The number of esters is 1. The highest BCUT2D eigenvalue weighted by molar-refractivity contribution is 5.87. The molecule has 0 aliphatic heterocycles. The molecule has 0 amide bonds. The number of aryl methyl sites for hydroxylation is 2. The number of fused-ring (bicyclic) bond motifs is 1. The Morgan fingerprint density at radius 2 is 1.97 bits per heavy atom. The van der Waals surface area contributed by atoms with Crippen LogP contribution in [0, 0.1) is 13.8 Å². The number of nitrogens with zero attached hydrogens (tertiary/aromatic N) is 6. The van der Waals surface area contributed by atoms with Gasteiger partial charge in [-0.05, 0) is 44.5 Å². The molecule has 9 nitrogen and oxygen atoms in total. The third kappa shape index (κ3) is 3.73. The summed E-state index contributed by atoms with van der Waals surface area (Å²) in [6, 6.07) is 10.3. The van der Waals surface area contributed by atoms with Crippen molar-refractivity contribution >= 4 is 22.8 Å². The molecule has 1 unspecified atom stereocenters. The van der Waals surface area contributed by atoms with E-state index in [-0.39, 0.29) is 18.6 Å². The van der Waals surface area contributed by atoms with Gasteiger partial charge in [-0.2, -0.15) is 10.2 Å². The Kier molecular flexibility index (Phi) is 5.18. The molecular weight excluding hydrogens is 382 g/mol. The summed E-state index contributed by atoms with van der Waals surface area (Å²) < 4.78 is 8.14. The number of rotatable bonds is 6. The molecule has 4 aromatic rings. The lowest BCUT2D eigenvalue weighted by molar-refractivity contribution is -0.141. The van der Waals surface area contributed by atoms with E-state index in [2.05, 4.69) is 62.7 Å². The first-order valence-electron chi connectivity index (χ1n) is 9.59. The molecular formula is C21H23N7O2. The van der Waals surface area contributed by atoms with E-state index >= 15 is 0 Å². The molecule has 1 atom stereocenters. The molecule has 1 aromatic carbocycles.